The third-order valence-corrected chi connectivity index (χ3v) is 0.224. The van der Waals surface area contributed by atoms with Gasteiger partial charge in [0.05, 0.1) is 6.61 Å². The van der Waals surface area contributed by atoms with Crippen molar-refractivity contribution in [2.75, 3.05) is 13.2 Å². The summed E-state index contributed by atoms with van der Waals surface area (Å²) in [5.74, 6) is 0. The van der Waals surface area contributed by atoms with Crippen LogP contribution in [0, 0.1) is 0 Å². The number of hydroxylamine groups is 1. The summed E-state index contributed by atoms with van der Waals surface area (Å²) in [6, 6.07) is 0. The van der Waals surface area contributed by atoms with Crippen LogP contribution in [0.3, 0.4) is 0 Å². The van der Waals surface area contributed by atoms with Crippen LogP contribution >= 0.6 is 0 Å². The van der Waals surface area contributed by atoms with Crippen molar-refractivity contribution in [1.82, 2.24) is 5.48 Å². The lowest BCUT2D eigenvalue weighted by Crippen LogP contribution is -2.11. The smallest absolute Gasteiger partial charge is 0.0579 e. The first-order valence-electron chi connectivity index (χ1n) is 1.39. The standard InChI is InChI=1S/C2H7NO2.H2O/c4-2-1-3-5;/h3-5H,1-2H2;1H2. The first-order chi connectivity index (χ1) is 2.41. The van der Waals surface area contributed by atoms with Crippen molar-refractivity contribution in [3.8, 4) is 0 Å². The Hall–Kier alpha value is -0.160. The van der Waals surface area contributed by atoms with Crippen LogP contribution in [0.15, 0.2) is 0 Å². The Morgan fingerprint density at radius 3 is 2.00 bits per heavy atom. The lowest BCUT2D eigenvalue weighted by molar-refractivity contribution is 0.140. The molecule has 4 nitrogen and oxygen atoms in total. The lowest BCUT2D eigenvalue weighted by atomic mass is 10.8. The van der Waals surface area contributed by atoms with Crippen LogP contribution in [0.4, 0.5) is 0 Å². The SMILES string of the molecule is O.OCCNO. The summed E-state index contributed by atoms with van der Waals surface area (Å²) in [6.07, 6.45) is 0. The Morgan fingerprint density at radius 2 is 2.00 bits per heavy atom. The zero-order valence-corrected chi connectivity index (χ0v) is 3.31. The Balaban J connectivity index is 0. The first kappa shape index (κ1) is 9.28. The molecule has 0 rings (SSSR count). The molecule has 0 spiro atoms. The van der Waals surface area contributed by atoms with E-state index in [1.54, 1.807) is 5.48 Å². The minimum atomic E-state index is -0.0174. The topological polar surface area (TPSA) is 84.0 Å². The highest BCUT2D eigenvalue weighted by Crippen LogP contribution is 1.42. The zero-order chi connectivity index (χ0) is 4.12. The lowest BCUT2D eigenvalue weighted by Gasteiger charge is -1.83. The molecule has 0 atom stereocenters. The second kappa shape index (κ2) is 8.85. The van der Waals surface area contributed by atoms with E-state index in [-0.39, 0.29) is 18.6 Å². The molecule has 5 N–H and O–H groups in total. The van der Waals surface area contributed by atoms with E-state index >= 15 is 0 Å². The van der Waals surface area contributed by atoms with Crippen LogP contribution in [-0.4, -0.2) is 28.9 Å². The Morgan fingerprint density at radius 1 is 1.50 bits per heavy atom. The fraction of sp³-hybridized carbons (Fsp3) is 1.00. The average molecular weight is 95.1 g/mol. The molecule has 0 aliphatic heterocycles. The number of rotatable bonds is 2. The van der Waals surface area contributed by atoms with E-state index in [1.807, 2.05) is 0 Å². The molecule has 40 valence electrons. The summed E-state index contributed by atoms with van der Waals surface area (Å²) in [6.45, 7) is 0.233. The van der Waals surface area contributed by atoms with Gasteiger partial charge in [0.25, 0.3) is 0 Å². The van der Waals surface area contributed by atoms with Gasteiger partial charge in [-0.15, -0.1) is 0 Å². The summed E-state index contributed by atoms with van der Waals surface area (Å²) >= 11 is 0. The highest BCUT2D eigenvalue weighted by atomic mass is 16.5. The third-order valence-electron chi connectivity index (χ3n) is 0.224. The van der Waals surface area contributed by atoms with Crippen molar-refractivity contribution >= 4 is 0 Å². The van der Waals surface area contributed by atoms with E-state index in [1.165, 1.54) is 0 Å². The number of aliphatic hydroxyl groups excluding tert-OH is 1. The molecular weight excluding hydrogens is 86.0 g/mol. The van der Waals surface area contributed by atoms with Crippen molar-refractivity contribution in [3.05, 3.63) is 0 Å². The number of aliphatic hydroxyl groups is 1. The molecule has 0 saturated heterocycles. The van der Waals surface area contributed by atoms with Gasteiger partial charge in [-0.05, 0) is 0 Å². The summed E-state index contributed by atoms with van der Waals surface area (Å²) < 4.78 is 0. The Labute approximate surface area is 35.7 Å². The van der Waals surface area contributed by atoms with Crippen molar-refractivity contribution in [1.29, 1.82) is 0 Å². The van der Waals surface area contributed by atoms with Gasteiger partial charge in [-0.25, -0.2) is 5.48 Å². The molecule has 0 radical (unpaired) electrons. The maximum Gasteiger partial charge on any atom is 0.0579 e. The molecule has 0 unspecified atom stereocenters. The molecule has 0 aliphatic rings. The quantitative estimate of drug-likeness (QED) is 0.351. The third kappa shape index (κ3) is 9.15. The van der Waals surface area contributed by atoms with E-state index < -0.39 is 0 Å². The summed E-state index contributed by atoms with van der Waals surface area (Å²) in [4.78, 5) is 0. The van der Waals surface area contributed by atoms with Crippen molar-refractivity contribution in [2.24, 2.45) is 0 Å². The Bertz CT molecular complexity index is 16.3. The number of hydrogen-bond donors (Lipinski definition) is 3. The molecule has 0 fully saturated rings. The molecule has 0 heterocycles. The maximum absolute atomic E-state index is 7.84. The van der Waals surface area contributed by atoms with Crippen molar-refractivity contribution < 1.29 is 15.8 Å². The highest BCUT2D eigenvalue weighted by Gasteiger charge is 1.67. The molecule has 0 bridgehead atoms. The largest absolute Gasteiger partial charge is 0.412 e. The maximum atomic E-state index is 7.84. The molecule has 0 aliphatic carbocycles. The minimum absolute atomic E-state index is 0. The van der Waals surface area contributed by atoms with Crippen LogP contribution in [0.5, 0.6) is 0 Å². The van der Waals surface area contributed by atoms with Gasteiger partial charge in [0.1, 0.15) is 0 Å². The minimum Gasteiger partial charge on any atom is -0.412 e. The fourth-order valence-corrected chi connectivity index (χ4v) is 0.0500. The van der Waals surface area contributed by atoms with Gasteiger partial charge in [0, 0.05) is 6.54 Å². The van der Waals surface area contributed by atoms with Crippen LogP contribution in [0.2, 0.25) is 0 Å². The normalized spacial score (nSPS) is 7.00. The van der Waals surface area contributed by atoms with Crippen molar-refractivity contribution in [3.63, 3.8) is 0 Å². The van der Waals surface area contributed by atoms with Crippen molar-refractivity contribution in [2.45, 2.75) is 0 Å². The van der Waals surface area contributed by atoms with E-state index in [2.05, 4.69) is 0 Å². The van der Waals surface area contributed by atoms with Gasteiger partial charge in [0.2, 0.25) is 0 Å². The van der Waals surface area contributed by atoms with E-state index in [9.17, 15) is 0 Å². The van der Waals surface area contributed by atoms with Crippen LogP contribution in [-0.2, 0) is 0 Å². The van der Waals surface area contributed by atoms with Gasteiger partial charge in [-0.2, -0.15) is 0 Å². The number of nitrogens with one attached hydrogen (secondary N) is 1. The van der Waals surface area contributed by atoms with E-state index in [0.29, 0.717) is 0 Å². The first-order valence-corrected chi connectivity index (χ1v) is 1.39. The molecule has 4 heteroatoms. The summed E-state index contributed by atoms with van der Waals surface area (Å²) in [7, 11) is 0. The van der Waals surface area contributed by atoms with E-state index in [0.717, 1.165) is 0 Å². The van der Waals surface area contributed by atoms with Crippen LogP contribution < -0.4 is 5.48 Å². The van der Waals surface area contributed by atoms with Gasteiger partial charge in [0.15, 0.2) is 0 Å². The molecule has 0 aromatic heterocycles. The molecule has 0 saturated carbocycles. The zero-order valence-electron chi connectivity index (χ0n) is 3.31. The van der Waals surface area contributed by atoms with Gasteiger partial charge in [-0.1, -0.05) is 0 Å². The second-order valence-corrected chi connectivity index (χ2v) is 0.632. The summed E-state index contributed by atoms with van der Waals surface area (Å²) in [5.41, 5.74) is 1.77. The average Bonchev–Trinajstić information content (AvgIpc) is 1.41. The molecule has 0 aromatic rings. The highest BCUT2D eigenvalue weighted by molar-refractivity contribution is 4.20. The van der Waals surface area contributed by atoms with Crippen LogP contribution in [0.25, 0.3) is 0 Å². The summed E-state index contributed by atoms with van der Waals surface area (Å²) in [5, 5.41) is 15.5. The molecular formula is C2H9NO3. The monoisotopic (exact) mass is 95.1 g/mol. The van der Waals surface area contributed by atoms with Gasteiger partial charge < -0.3 is 15.8 Å². The van der Waals surface area contributed by atoms with Crippen LogP contribution in [0.1, 0.15) is 0 Å². The Kier molecular flexibility index (Phi) is 13.7. The molecule has 6 heavy (non-hydrogen) atoms. The number of hydrogen-bond acceptors (Lipinski definition) is 3. The van der Waals surface area contributed by atoms with Gasteiger partial charge >= 0.3 is 0 Å². The molecule has 0 amide bonds. The predicted molar refractivity (Wildman–Crippen MR) is 20.5 cm³/mol. The van der Waals surface area contributed by atoms with Gasteiger partial charge in [-0.3, -0.25) is 0 Å². The van der Waals surface area contributed by atoms with E-state index in [4.69, 9.17) is 10.3 Å². The molecule has 0 aromatic carbocycles. The predicted octanol–water partition coefficient (Wildman–Crippen LogP) is -1.87. The fourth-order valence-electron chi connectivity index (χ4n) is 0.0500. The second-order valence-electron chi connectivity index (χ2n) is 0.632.